The minimum Gasteiger partial charge on any atom is -0.352 e. The van der Waals surface area contributed by atoms with Gasteiger partial charge in [0.15, 0.2) is 0 Å². The molecular weight excluding hydrogens is 342 g/mol. The van der Waals surface area contributed by atoms with Crippen molar-refractivity contribution in [2.45, 2.75) is 48.0 Å². The van der Waals surface area contributed by atoms with Gasteiger partial charge in [-0.15, -0.1) is 0 Å². The van der Waals surface area contributed by atoms with Crippen LogP contribution in [0, 0.1) is 5.92 Å². The van der Waals surface area contributed by atoms with Gasteiger partial charge in [-0.25, -0.2) is 0 Å². The molecule has 2 N–H and O–H groups in total. The number of carbonyl (C=O) groups excluding carboxylic acids is 3. The van der Waals surface area contributed by atoms with Crippen molar-refractivity contribution in [3.8, 4) is 0 Å². The van der Waals surface area contributed by atoms with Crippen molar-refractivity contribution in [1.82, 2.24) is 15.5 Å². The molecule has 0 spiro atoms. The van der Waals surface area contributed by atoms with E-state index >= 15 is 0 Å². The normalized spacial score (nSPS) is 8.93. The summed E-state index contributed by atoms with van der Waals surface area (Å²) in [6, 6.07) is 0. The first-order chi connectivity index (χ1) is 12.3. The first kappa shape index (κ1) is 29.4. The van der Waals surface area contributed by atoms with Gasteiger partial charge in [0.25, 0.3) is 0 Å². The number of nitrogens with zero attached hydrogens (tertiary/aromatic N) is 1. The second-order valence-electron chi connectivity index (χ2n) is 6.90. The minimum absolute atomic E-state index is 0.00926. The molecule has 0 rings (SSSR count). The van der Waals surface area contributed by atoms with E-state index < -0.39 is 0 Å². The van der Waals surface area contributed by atoms with Crippen molar-refractivity contribution < 1.29 is 14.4 Å². The van der Waals surface area contributed by atoms with E-state index in [1.165, 1.54) is 4.90 Å². The molecule has 0 fully saturated rings. The van der Waals surface area contributed by atoms with Crippen molar-refractivity contribution in [2.75, 3.05) is 27.2 Å². The lowest BCUT2D eigenvalue weighted by atomic mass is 10.2. The molecule has 0 aliphatic rings. The van der Waals surface area contributed by atoms with Gasteiger partial charge >= 0.3 is 0 Å². The second-order valence-corrected chi connectivity index (χ2v) is 6.90. The molecule has 0 aliphatic carbocycles. The predicted octanol–water partition coefficient (Wildman–Crippen LogP) is 3.07. The third-order valence-electron chi connectivity index (χ3n) is 2.75. The molecule has 27 heavy (non-hydrogen) atoms. The predicted molar refractivity (Wildman–Crippen MR) is 114 cm³/mol. The van der Waals surface area contributed by atoms with Crippen molar-refractivity contribution in [2.24, 2.45) is 5.92 Å². The summed E-state index contributed by atoms with van der Waals surface area (Å²) in [7, 11) is 3.41. The maximum atomic E-state index is 10.8. The summed E-state index contributed by atoms with van der Waals surface area (Å²) in [4.78, 5) is 33.7. The quantitative estimate of drug-likeness (QED) is 0.665. The Kier molecular flexibility index (Phi) is 18.6. The highest BCUT2D eigenvalue weighted by atomic mass is 16.2. The fraction of sp³-hybridized carbons (Fsp3) is 0.571. The zero-order valence-electron chi connectivity index (χ0n) is 18.5. The highest BCUT2D eigenvalue weighted by Crippen LogP contribution is 1.91. The van der Waals surface area contributed by atoms with Gasteiger partial charge in [-0.05, 0) is 33.1 Å². The van der Waals surface area contributed by atoms with Crippen LogP contribution in [-0.2, 0) is 14.4 Å². The largest absolute Gasteiger partial charge is 0.352 e. The Bertz CT molecular complexity index is 521. The lowest BCUT2D eigenvalue weighted by Crippen LogP contribution is -2.27. The molecule has 0 bridgehead atoms. The summed E-state index contributed by atoms with van der Waals surface area (Å²) >= 11 is 0. The van der Waals surface area contributed by atoms with Crippen LogP contribution in [0.15, 0.2) is 36.5 Å². The van der Waals surface area contributed by atoms with E-state index in [1.54, 1.807) is 34.9 Å². The van der Waals surface area contributed by atoms with Crippen LogP contribution < -0.4 is 10.6 Å². The summed E-state index contributed by atoms with van der Waals surface area (Å²) in [6.07, 6.45) is 0.971. The van der Waals surface area contributed by atoms with E-state index in [9.17, 15) is 14.4 Å². The lowest BCUT2D eigenvalue weighted by Gasteiger charge is -2.07. The monoisotopic (exact) mass is 381 g/mol. The van der Waals surface area contributed by atoms with Gasteiger partial charge in [0.2, 0.25) is 17.7 Å². The number of carbonyl (C=O) groups is 3. The van der Waals surface area contributed by atoms with Gasteiger partial charge in [-0.3, -0.25) is 14.4 Å². The van der Waals surface area contributed by atoms with Crippen LogP contribution in [0.5, 0.6) is 0 Å². The molecule has 6 heteroatoms. The molecule has 0 aromatic heterocycles. The standard InChI is InChI=1S/C8H15NO.C7H13NO.C6H11NO/c1-6(2)5-9-8(10)7(3)4;1-4-5-8-7(9)6(2)3;1-5(2)6(8)7(3)4/h6H,3,5H2,1-2,4H3,(H,9,10);2,4-5H2,1,3H3,(H,8,9);1H2,2-4H3. The van der Waals surface area contributed by atoms with E-state index in [-0.39, 0.29) is 17.7 Å². The summed E-state index contributed by atoms with van der Waals surface area (Å²) in [5.41, 5.74) is 1.72. The average molecular weight is 382 g/mol. The van der Waals surface area contributed by atoms with E-state index in [1.807, 2.05) is 6.92 Å². The molecule has 6 nitrogen and oxygen atoms in total. The molecule has 0 unspecified atom stereocenters. The minimum atomic E-state index is -0.0475. The van der Waals surface area contributed by atoms with Crippen LogP contribution in [0.1, 0.15) is 48.0 Å². The fourth-order valence-electron chi connectivity index (χ4n) is 1.22. The second kappa shape index (κ2) is 17.1. The number of hydrogen-bond acceptors (Lipinski definition) is 3. The molecule has 3 amide bonds. The van der Waals surface area contributed by atoms with Crippen LogP contribution in [-0.4, -0.2) is 49.8 Å². The van der Waals surface area contributed by atoms with Crippen LogP contribution in [0.4, 0.5) is 0 Å². The van der Waals surface area contributed by atoms with E-state index in [0.717, 1.165) is 19.5 Å². The van der Waals surface area contributed by atoms with Crippen molar-refractivity contribution >= 4 is 17.7 Å². The van der Waals surface area contributed by atoms with E-state index in [2.05, 4.69) is 44.2 Å². The Morgan fingerprint density at radius 3 is 1.48 bits per heavy atom. The van der Waals surface area contributed by atoms with E-state index in [4.69, 9.17) is 0 Å². The fourth-order valence-corrected chi connectivity index (χ4v) is 1.22. The van der Waals surface area contributed by atoms with Crippen LogP contribution in [0.3, 0.4) is 0 Å². The third kappa shape index (κ3) is 21.6. The van der Waals surface area contributed by atoms with Crippen LogP contribution in [0.25, 0.3) is 0 Å². The number of likely N-dealkylation sites (N-methyl/N-ethyl adjacent to an activating group) is 1. The third-order valence-corrected chi connectivity index (χ3v) is 2.75. The van der Waals surface area contributed by atoms with Crippen LogP contribution >= 0.6 is 0 Å². The lowest BCUT2D eigenvalue weighted by molar-refractivity contribution is -0.124. The molecule has 0 atom stereocenters. The summed E-state index contributed by atoms with van der Waals surface area (Å²) < 4.78 is 0. The highest BCUT2D eigenvalue weighted by Gasteiger charge is 2.01. The number of rotatable bonds is 7. The molecule has 0 aromatic rings. The maximum absolute atomic E-state index is 10.8. The zero-order valence-corrected chi connectivity index (χ0v) is 18.5. The van der Waals surface area contributed by atoms with Gasteiger partial charge in [0.1, 0.15) is 0 Å². The molecule has 0 aliphatic heterocycles. The number of nitrogens with one attached hydrogen (secondary N) is 2. The van der Waals surface area contributed by atoms with Crippen molar-refractivity contribution in [3.63, 3.8) is 0 Å². The topological polar surface area (TPSA) is 78.5 Å². The maximum Gasteiger partial charge on any atom is 0.248 e. The first-order valence-electron chi connectivity index (χ1n) is 9.02. The smallest absolute Gasteiger partial charge is 0.248 e. The molecule has 0 saturated heterocycles. The summed E-state index contributed by atoms with van der Waals surface area (Å²) in [6.45, 7) is 23.2. The van der Waals surface area contributed by atoms with Gasteiger partial charge < -0.3 is 15.5 Å². The Balaban J connectivity index is -0.000000322. The number of hydrogen-bond donors (Lipinski definition) is 2. The molecule has 0 saturated carbocycles. The molecule has 0 heterocycles. The molecule has 156 valence electrons. The highest BCUT2D eigenvalue weighted by molar-refractivity contribution is 5.92. The Hall–Kier alpha value is -2.37. The molecular formula is C21H39N3O3. The summed E-state index contributed by atoms with van der Waals surface area (Å²) in [5.74, 6) is 0.402. The van der Waals surface area contributed by atoms with E-state index in [0.29, 0.717) is 22.6 Å². The Labute approximate surface area is 165 Å². The van der Waals surface area contributed by atoms with Gasteiger partial charge in [0.05, 0.1) is 0 Å². The van der Waals surface area contributed by atoms with Gasteiger partial charge in [0, 0.05) is 43.9 Å². The molecule has 0 radical (unpaired) electrons. The van der Waals surface area contributed by atoms with Gasteiger partial charge in [-0.2, -0.15) is 0 Å². The first-order valence-corrected chi connectivity index (χ1v) is 9.02. The average Bonchev–Trinajstić information content (AvgIpc) is 2.57. The number of amides is 3. The summed E-state index contributed by atoms with van der Waals surface area (Å²) in [5, 5.41) is 5.44. The Morgan fingerprint density at radius 2 is 1.26 bits per heavy atom. The Morgan fingerprint density at radius 1 is 0.852 bits per heavy atom. The van der Waals surface area contributed by atoms with Gasteiger partial charge in [-0.1, -0.05) is 40.5 Å². The van der Waals surface area contributed by atoms with Crippen LogP contribution in [0.2, 0.25) is 0 Å². The van der Waals surface area contributed by atoms with Crippen molar-refractivity contribution in [3.05, 3.63) is 36.5 Å². The zero-order chi connectivity index (χ0) is 22.2. The SMILES string of the molecule is C=C(C)C(=O)N(C)C.C=C(C)C(=O)NCC(C)C.C=C(C)C(=O)NCCC. The molecule has 0 aromatic carbocycles. The van der Waals surface area contributed by atoms with Crippen molar-refractivity contribution in [1.29, 1.82) is 0 Å².